The normalized spacial score (nSPS) is 12.2. The lowest BCUT2D eigenvalue weighted by atomic mass is 10.1. The Bertz CT molecular complexity index is 382. The molecule has 0 saturated heterocycles. The molecular weight excluding hydrogens is 193 g/mol. The van der Waals surface area contributed by atoms with Crippen LogP contribution in [0, 0.1) is 29.8 Å². The Balaban J connectivity index is 3.10. The smallest absolute Gasteiger partial charge is 0.161 e. The van der Waals surface area contributed by atoms with Crippen LogP contribution in [0.15, 0.2) is 12.1 Å². The van der Waals surface area contributed by atoms with Crippen LogP contribution < -0.4 is 0 Å². The Hall–Kier alpha value is -1.47. The maximum absolute atomic E-state index is 13.0. The summed E-state index contributed by atoms with van der Waals surface area (Å²) >= 11 is 0. The van der Waals surface area contributed by atoms with Crippen LogP contribution in [0.3, 0.4) is 0 Å². The first-order valence-electron chi connectivity index (χ1n) is 3.82. The fourth-order valence-electron chi connectivity index (χ4n) is 1.01. The summed E-state index contributed by atoms with van der Waals surface area (Å²) < 4.78 is 38.1. The SMILES string of the molecule is C#CCC(O)c1cc(F)c(F)cc1F. The lowest BCUT2D eigenvalue weighted by Crippen LogP contribution is -2.02. The lowest BCUT2D eigenvalue weighted by molar-refractivity contribution is 0.178. The molecule has 1 unspecified atom stereocenters. The summed E-state index contributed by atoms with van der Waals surface area (Å²) in [6.07, 6.45) is 3.42. The highest BCUT2D eigenvalue weighted by Gasteiger charge is 2.15. The van der Waals surface area contributed by atoms with E-state index in [1.54, 1.807) is 0 Å². The molecule has 1 nitrogen and oxygen atoms in total. The molecule has 1 N–H and O–H groups in total. The largest absolute Gasteiger partial charge is 0.387 e. The van der Waals surface area contributed by atoms with Crippen LogP contribution in [0.4, 0.5) is 13.2 Å². The number of terminal acetylenes is 1. The lowest BCUT2D eigenvalue weighted by Gasteiger charge is -2.08. The van der Waals surface area contributed by atoms with Gasteiger partial charge in [0.2, 0.25) is 0 Å². The van der Waals surface area contributed by atoms with Crippen molar-refractivity contribution in [3.63, 3.8) is 0 Å². The van der Waals surface area contributed by atoms with Crippen molar-refractivity contribution < 1.29 is 18.3 Å². The Morgan fingerprint density at radius 2 is 1.79 bits per heavy atom. The van der Waals surface area contributed by atoms with E-state index in [0.717, 1.165) is 0 Å². The van der Waals surface area contributed by atoms with Crippen molar-refractivity contribution in [3.8, 4) is 12.3 Å². The zero-order valence-corrected chi connectivity index (χ0v) is 7.10. The maximum Gasteiger partial charge on any atom is 0.161 e. The molecule has 0 aliphatic heterocycles. The summed E-state index contributed by atoms with van der Waals surface area (Å²) in [6.45, 7) is 0. The van der Waals surface area contributed by atoms with E-state index >= 15 is 0 Å². The first-order chi connectivity index (χ1) is 6.56. The van der Waals surface area contributed by atoms with Gasteiger partial charge in [-0.15, -0.1) is 12.3 Å². The number of aliphatic hydroxyl groups is 1. The quantitative estimate of drug-likeness (QED) is 0.573. The highest BCUT2D eigenvalue weighted by molar-refractivity contribution is 5.23. The van der Waals surface area contributed by atoms with Gasteiger partial charge in [0.05, 0.1) is 6.10 Å². The van der Waals surface area contributed by atoms with Gasteiger partial charge in [-0.25, -0.2) is 13.2 Å². The zero-order valence-electron chi connectivity index (χ0n) is 7.10. The topological polar surface area (TPSA) is 20.2 Å². The standard InChI is InChI=1S/C10H7F3O/c1-2-3-10(14)6-4-8(12)9(13)5-7(6)11/h1,4-5,10,14H,3H2. The predicted octanol–water partition coefficient (Wildman–Crippen LogP) is 2.16. The van der Waals surface area contributed by atoms with E-state index in [0.29, 0.717) is 12.1 Å². The van der Waals surface area contributed by atoms with Crippen molar-refractivity contribution in [1.29, 1.82) is 0 Å². The number of benzene rings is 1. The average molecular weight is 200 g/mol. The monoisotopic (exact) mass is 200 g/mol. The van der Waals surface area contributed by atoms with Gasteiger partial charge in [0.15, 0.2) is 11.6 Å². The minimum Gasteiger partial charge on any atom is -0.387 e. The van der Waals surface area contributed by atoms with Gasteiger partial charge in [0.1, 0.15) is 5.82 Å². The Kier molecular flexibility index (Phi) is 3.15. The summed E-state index contributed by atoms with van der Waals surface area (Å²) in [5.74, 6) is -1.42. The second-order valence-corrected chi connectivity index (χ2v) is 2.71. The zero-order chi connectivity index (χ0) is 10.7. The molecule has 74 valence electrons. The average Bonchev–Trinajstić information content (AvgIpc) is 2.11. The van der Waals surface area contributed by atoms with E-state index < -0.39 is 23.6 Å². The molecule has 0 spiro atoms. The molecule has 0 fully saturated rings. The van der Waals surface area contributed by atoms with Crippen LogP contribution in [0.2, 0.25) is 0 Å². The number of aliphatic hydroxyl groups excluding tert-OH is 1. The molecule has 1 aromatic rings. The van der Waals surface area contributed by atoms with Crippen molar-refractivity contribution in [2.75, 3.05) is 0 Å². The van der Waals surface area contributed by atoms with Gasteiger partial charge in [-0.2, -0.15) is 0 Å². The van der Waals surface area contributed by atoms with Crippen molar-refractivity contribution in [1.82, 2.24) is 0 Å². The van der Waals surface area contributed by atoms with E-state index in [1.807, 2.05) is 0 Å². The molecule has 1 atom stereocenters. The summed E-state index contributed by atoms with van der Waals surface area (Å²) in [7, 11) is 0. The fraction of sp³-hybridized carbons (Fsp3) is 0.200. The Morgan fingerprint density at radius 3 is 2.36 bits per heavy atom. The second-order valence-electron chi connectivity index (χ2n) is 2.71. The van der Waals surface area contributed by atoms with E-state index in [9.17, 15) is 18.3 Å². The Labute approximate surface area is 79.2 Å². The van der Waals surface area contributed by atoms with Crippen molar-refractivity contribution in [3.05, 3.63) is 35.1 Å². The van der Waals surface area contributed by atoms with Gasteiger partial charge in [0, 0.05) is 18.1 Å². The maximum atomic E-state index is 13.0. The number of halogens is 3. The highest BCUT2D eigenvalue weighted by atomic mass is 19.2. The van der Waals surface area contributed by atoms with Gasteiger partial charge in [-0.05, 0) is 6.07 Å². The van der Waals surface area contributed by atoms with Crippen LogP contribution in [0.1, 0.15) is 18.1 Å². The molecule has 0 bridgehead atoms. The van der Waals surface area contributed by atoms with Gasteiger partial charge in [0.25, 0.3) is 0 Å². The molecule has 0 aliphatic rings. The number of rotatable bonds is 2. The Morgan fingerprint density at radius 1 is 1.21 bits per heavy atom. The van der Waals surface area contributed by atoms with Crippen LogP contribution in [-0.2, 0) is 0 Å². The summed E-state index contributed by atoms with van der Waals surface area (Å²) in [6, 6.07) is 0.983. The van der Waals surface area contributed by atoms with Gasteiger partial charge in [-0.3, -0.25) is 0 Å². The molecule has 14 heavy (non-hydrogen) atoms. The predicted molar refractivity (Wildman–Crippen MR) is 44.7 cm³/mol. The molecule has 0 aromatic heterocycles. The van der Waals surface area contributed by atoms with Crippen molar-refractivity contribution >= 4 is 0 Å². The third-order valence-electron chi connectivity index (χ3n) is 1.71. The van der Waals surface area contributed by atoms with Gasteiger partial charge >= 0.3 is 0 Å². The van der Waals surface area contributed by atoms with E-state index in [4.69, 9.17) is 6.42 Å². The van der Waals surface area contributed by atoms with Crippen LogP contribution >= 0.6 is 0 Å². The minimum atomic E-state index is -1.31. The van der Waals surface area contributed by atoms with Crippen LogP contribution in [-0.4, -0.2) is 5.11 Å². The molecule has 0 radical (unpaired) electrons. The van der Waals surface area contributed by atoms with Crippen molar-refractivity contribution in [2.24, 2.45) is 0 Å². The van der Waals surface area contributed by atoms with Crippen LogP contribution in [0.5, 0.6) is 0 Å². The number of hydrogen-bond donors (Lipinski definition) is 1. The van der Waals surface area contributed by atoms with E-state index in [1.165, 1.54) is 0 Å². The minimum absolute atomic E-state index is 0.151. The third-order valence-corrected chi connectivity index (χ3v) is 1.71. The molecule has 0 heterocycles. The third kappa shape index (κ3) is 2.06. The summed E-state index contributed by atoms with van der Waals surface area (Å²) in [5.41, 5.74) is -0.332. The molecule has 0 aliphatic carbocycles. The summed E-state index contributed by atoms with van der Waals surface area (Å²) in [5, 5.41) is 9.25. The van der Waals surface area contributed by atoms with Gasteiger partial charge in [-0.1, -0.05) is 0 Å². The molecule has 0 saturated carbocycles. The van der Waals surface area contributed by atoms with Gasteiger partial charge < -0.3 is 5.11 Å². The van der Waals surface area contributed by atoms with Crippen LogP contribution in [0.25, 0.3) is 0 Å². The summed E-state index contributed by atoms with van der Waals surface area (Å²) in [4.78, 5) is 0. The first kappa shape index (κ1) is 10.6. The van der Waals surface area contributed by atoms with E-state index in [-0.39, 0.29) is 12.0 Å². The molecule has 1 aromatic carbocycles. The molecule has 0 amide bonds. The highest BCUT2D eigenvalue weighted by Crippen LogP contribution is 2.22. The van der Waals surface area contributed by atoms with Crippen molar-refractivity contribution in [2.45, 2.75) is 12.5 Å². The fourth-order valence-corrected chi connectivity index (χ4v) is 1.01. The molecular formula is C10H7F3O. The van der Waals surface area contributed by atoms with E-state index in [2.05, 4.69) is 5.92 Å². The molecule has 1 rings (SSSR count). The second kappa shape index (κ2) is 4.16. The molecule has 4 heteroatoms. The first-order valence-corrected chi connectivity index (χ1v) is 3.82. The number of hydrogen-bond acceptors (Lipinski definition) is 1.